The number of phenolic OH excluding ortho intramolecular Hbond substituents is 1. The number of anilines is 1. The fourth-order valence-corrected chi connectivity index (χ4v) is 1.81. The average Bonchev–Trinajstić information content (AvgIpc) is 2.28. The Morgan fingerprint density at radius 1 is 1.28 bits per heavy atom. The number of halogens is 1. The van der Waals surface area contributed by atoms with Crippen molar-refractivity contribution in [3.05, 3.63) is 53.5 Å². The molecule has 2 aromatic rings. The standard InChI is InChI=1S/C14H15FN2O/c1-9-6-7-11(12(18)8-9)10(2)16-14-5-3-4-13(15)17-14/h3-8,10,18H,1-2H3,(H,16,17). The third-order valence-corrected chi connectivity index (χ3v) is 2.73. The maximum Gasteiger partial charge on any atom is 0.214 e. The van der Waals surface area contributed by atoms with Gasteiger partial charge in [-0.05, 0) is 37.6 Å². The predicted octanol–water partition coefficient (Wildman–Crippen LogP) is 3.41. The number of aromatic nitrogens is 1. The van der Waals surface area contributed by atoms with Gasteiger partial charge in [0.15, 0.2) is 0 Å². The van der Waals surface area contributed by atoms with Crippen LogP contribution in [0.25, 0.3) is 0 Å². The Morgan fingerprint density at radius 2 is 2.06 bits per heavy atom. The highest BCUT2D eigenvalue weighted by Gasteiger charge is 2.10. The lowest BCUT2D eigenvalue weighted by molar-refractivity contribution is 0.465. The molecule has 1 aromatic heterocycles. The quantitative estimate of drug-likeness (QED) is 0.816. The summed E-state index contributed by atoms with van der Waals surface area (Å²) >= 11 is 0. The van der Waals surface area contributed by atoms with Crippen LogP contribution in [0.4, 0.5) is 10.2 Å². The van der Waals surface area contributed by atoms with Crippen molar-refractivity contribution in [1.29, 1.82) is 0 Å². The van der Waals surface area contributed by atoms with Gasteiger partial charge in [-0.2, -0.15) is 4.39 Å². The van der Waals surface area contributed by atoms with Gasteiger partial charge in [0.2, 0.25) is 5.95 Å². The summed E-state index contributed by atoms with van der Waals surface area (Å²) < 4.78 is 13.0. The maximum absolute atomic E-state index is 13.0. The van der Waals surface area contributed by atoms with E-state index in [1.165, 1.54) is 6.07 Å². The van der Waals surface area contributed by atoms with Crippen molar-refractivity contribution in [3.8, 4) is 5.75 Å². The van der Waals surface area contributed by atoms with E-state index in [-0.39, 0.29) is 11.8 Å². The van der Waals surface area contributed by atoms with Gasteiger partial charge in [-0.1, -0.05) is 18.2 Å². The van der Waals surface area contributed by atoms with E-state index in [1.54, 1.807) is 18.2 Å². The Balaban J connectivity index is 2.19. The summed E-state index contributed by atoms with van der Waals surface area (Å²) in [5.74, 6) is 0.147. The van der Waals surface area contributed by atoms with E-state index in [2.05, 4.69) is 10.3 Å². The predicted molar refractivity (Wildman–Crippen MR) is 69.1 cm³/mol. The topological polar surface area (TPSA) is 45.2 Å². The maximum atomic E-state index is 13.0. The molecule has 94 valence electrons. The minimum atomic E-state index is -0.527. The molecule has 18 heavy (non-hydrogen) atoms. The second kappa shape index (κ2) is 5.04. The number of aryl methyl sites for hydroxylation is 1. The van der Waals surface area contributed by atoms with Crippen LogP contribution in [0, 0.1) is 12.9 Å². The van der Waals surface area contributed by atoms with Crippen LogP contribution in [0.1, 0.15) is 24.1 Å². The first-order chi connectivity index (χ1) is 8.56. The van der Waals surface area contributed by atoms with Crippen molar-refractivity contribution >= 4 is 5.82 Å². The van der Waals surface area contributed by atoms with Crippen LogP contribution >= 0.6 is 0 Å². The second-order valence-electron chi connectivity index (χ2n) is 4.27. The molecule has 1 aromatic carbocycles. The number of nitrogens with one attached hydrogen (secondary N) is 1. The van der Waals surface area contributed by atoms with Gasteiger partial charge in [0.05, 0.1) is 6.04 Å². The van der Waals surface area contributed by atoms with Crippen LogP contribution < -0.4 is 5.32 Å². The van der Waals surface area contributed by atoms with E-state index in [0.29, 0.717) is 5.82 Å². The number of hydrogen-bond acceptors (Lipinski definition) is 3. The zero-order valence-corrected chi connectivity index (χ0v) is 10.3. The van der Waals surface area contributed by atoms with E-state index in [1.807, 2.05) is 26.0 Å². The van der Waals surface area contributed by atoms with E-state index in [0.717, 1.165) is 11.1 Å². The van der Waals surface area contributed by atoms with Gasteiger partial charge < -0.3 is 10.4 Å². The molecule has 3 nitrogen and oxygen atoms in total. The van der Waals surface area contributed by atoms with Gasteiger partial charge in [0, 0.05) is 5.56 Å². The first-order valence-electron chi connectivity index (χ1n) is 5.75. The third-order valence-electron chi connectivity index (χ3n) is 2.73. The van der Waals surface area contributed by atoms with Crippen molar-refractivity contribution in [2.45, 2.75) is 19.9 Å². The molecule has 1 heterocycles. The van der Waals surface area contributed by atoms with Gasteiger partial charge in [-0.15, -0.1) is 0 Å². The summed E-state index contributed by atoms with van der Waals surface area (Å²) in [5, 5.41) is 12.9. The summed E-state index contributed by atoms with van der Waals surface area (Å²) in [4.78, 5) is 3.73. The molecule has 0 aliphatic carbocycles. The van der Waals surface area contributed by atoms with Gasteiger partial charge in [-0.25, -0.2) is 4.98 Å². The zero-order chi connectivity index (χ0) is 13.1. The smallest absolute Gasteiger partial charge is 0.214 e. The van der Waals surface area contributed by atoms with Crippen LogP contribution in [0.3, 0.4) is 0 Å². The molecule has 0 saturated carbocycles. The van der Waals surface area contributed by atoms with Crippen LogP contribution in [0.5, 0.6) is 5.75 Å². The molecule has 0 amide bonds. The SMILES string of the molecule is Cc1ccc(C(C)Nc2cccc(F)n2)c(O)c1. The van der Waals surface area contributed by atoms with Crippen molar-refractivity contribution < 1.29 is 9.50 Å². The fraction of sp³-hybridized carbons (Fsp3) is 0.214. The molecule has 0 saturated heterocycles. The molecule has 0 spiro atoms. The minimum absolute atomic E-state index is 0.153. The molecule has 0 bridgehead atoms. The number of hydrogen-bond donors (Lipinski definition) is 2. The molecule has 1 unspecified atom stereocenters. The number of benzene rings is 1. The van der Waals surface area contributed by atoms with E-state index in [9.17, 15) is 9.50 Å². The molecular formula is C14H15FN2O. The molecule has 0 fully saturated rings. The minimum Gasteiger partial charge on any atom is -0.508 e. The van der Waals surface area contributed by atoms with Crippen LogP contribution in [0.2, 0.25) is 0 Å². The summed E-state index contributed by atoms with van der Waals surface area (Å²) in [6.07, 6.45) is 0. The van der Waals surface area contributed by atoms with Crippen molar-refractivity contribution in [2.75, 3.05) is 5.32 Å². The molecule has 2 rings (SSSR count). The number of aromatic hydroxyl groups is 1. The lowest BCUT2D eigenvalue weighted by Crippen LogP contribution is -2.08. The second-order valence-corrected chi connectivity index (χ2v) is 4.27. The van der Waals surface area contributed by atoms with E-state index in [4.69, 9.17) is 0 Å². The number of nitrogens with zero attached hydrogens (tertiary/aromatic N) is 1. The normalized spacial score (nSPS) is 12.2. The Bertz CT molecular complexity index is 557. The Kier molecular flexibility index (Phi) is 3.46. The average molecular weight is 246 g/mol. The molecule has 0 radical (unpaired) electrons. The van der Waals surface area contributed by atoms with Gasteiger partial charge >= 0.3 is 0 Å². The monoisotopic (exact) mass is 246 g/mol. The highest BCUT2D eigenvalue weighted by molar-refractivity contribution is 5.43. The lowest BCUT2D eigenvalue weighted by atomic mass is 10.1. The highest BCUT2D eigenvalue weighted by atomic mass is 19.1. The summed E-state index contributed by atoms with van der Waals surface area (Å²) in [5.41, 5.74) is 1.75. The number of phenols is 1. The van der Waals surface area contributed by atoms with Crippen molar-refractivity contribution in [1.82, 2.24) is 4.98 Å². The largest absolute Gasteiger partial charge is 0.508 e. The highest BCUT2D eigenvalue weighted by Crippen LogP contribution is 2.27. The van der Waals surface area contributed by atoms with Crippen molar-refractivity contribution in [3.63, 3.8) is 0 Å². The molecule has 1 atom stereocenters. The Labute approximate surface area is 105 Å². The summed E-state index contributed by atoms with van der Waals surface area (Å²) in [6.45, 7) is 3.80. The van der Waals surface area contributed by atoms with E-state index < -0.39 is 5.95 Å². The van der Waals surface area contributed by atoms with Gasteiger partial charge in [0.25, 0.3) is 0 Å². The van der Waals surface area contributed by atoms with Crippen molar-refractivity contribution in [2.24, 2.45) is 0 Å². The van der Waals surface area contributed by atoms with E-state index >= 15 is 0 Å². The lowest BCUT2D eigenvalue weighted by Gasteiger charge is -2.16. The molecular weight excluding hydrogens is 231 g/mol. The number of rotatable bonds is 3. The molecule has 0 aliphatic heterocycles. The third kappa shape index (κ3) is 2.77. The van der Waals surface area contributed by atoms with Crippen LogP contribution in [-0.2, 0) is 0 Å². The number of pyridine rings is 1. The van der Waals surface area contributed by atoms with Crippen LogP contribution in [0.15, 0.2) is 36.4 Å². The first kappa shape index (κ1) is 12.4. The van der Waals surface area contributed by atoms with Gasteiger partial charge in [-0.3, -0.25) is 0 Å². The van der Waals surface area contributed by atoms with Gasteiger partial charge in [0.1, 0.15) is 11.6 Å². The summed E-state index contributed by atoms with van der Waals surface area (Å²) in [7, 11) is 0. The Hall–Kier alpha value is -2.10. The first-order valence-corrected chi connectivity index (χ1v) is 5.75. The molecule has 2 N–H and O–H groups in total. The molecule has 4 heteroatoms. The summed E-state index contributed by atoms with van der Waals surface area (Å²) in [6, 6.07) is 9.89. The fourth-order valence-electron chi connectivity index (χ4n) is 1.81. The zero-order valence-electron chi connectivity index (χ0n) is 10.3. The molecule has 0 aliphatic rings. The Morgan fingerprint density at radius 3 is 2.72 bits per heavy atom. The van der Waals surface area contributed by atoms with Crippen LogP contribution in [-0.4, -0.2) is 10.1 Å².